The fourth-order valence-electron chi connectivity index (χ4n) is 3.12. The average Bonchev–Trinajstić information content (AvgIpc) is 2.69. The number of carbonyl (C=O) groups is 1. The molecule has 0 saturated heterocycles. The van der Waals surface area contributed by atoms with Gasteiger partial charge in [0.25, 0.3) is 0 Å². The Bertz CT molecular complexity index is 763. The molecule has 0 fully saturated rings. The molecule has 0 atom stereocenters. The molecule has 0 unspecified atom stereocenters. The summed E-state index contributed by atoms with van der Waals surface area (Å²) in [5, 5.41) is 9.53. The normalized spacial score (nSPS) is 23.1. The molecule has 1 N–H and O–H groups in total. The molecule has 112 valence electrons. The van der Waals surface area contributed by atoms with Crippen molar-refractivity contribution in [3.8, 4) is 0 Å². The number of benzene rings is 1. The number of rotatable bonds is 1. The first-order chi connectivity index (χ1) is 10.4. The lowest BCUT2D eigenvalue weighted by atomic mass is 9.83. The predicted octanol–water partition coefficient (Wildman–Crippen LogP) is 3.81. The molecular weight excluding hydrogens is 274 g/mol. The van der Waals surface area contributed by atoms with E-state index in [-0.39, 0.29) is 17.0 Å². The van der Waals surface area contributed by atoms with Crippen molar-refractivity contribution in [2.45, 2.75) is 19.3 Å². The number of nitrogens with zero attached hydrogens (tertiary/aromatic N) is 1. The third-order valence-corrected chi connectivity index (χ3v) is 4.36. The second-order valence-electron chi connectivity index (χ2n) is 6.15. The van der Waals surface area contributed by atoms with Crippen molar-refractivity contribution in [3.63, 3.8) is 0 Å². The molecule has 0 amide bonds. The molecule has 0 radical (unpaired) electrons. The van der Waals surface area contributed by atoms with E-state index >= 15 is 0 Å². The zero-order chi connectivity index (χ0) is 15.9. The zero-order valence-electron chi connectivity index (χ0n) is 13.0. The summed E-state index contributed by atoms with van der Waals surface area (Å²) in [6.07, 6.45) is 8.58. The summed E-state index contributed by atoms with van der Waals surface area (Å²) in [6.45, 7) is 4.40. The van der Waals surface area contributed by atoms with Crippen LogP contribution < -0.4 is 4.90 Å². The van der Waals surface area contributed by atoms with Gasteiger partial charge in [-0.3, -0.25) is 4.79 Å². The van der Waals surface area contributed by atoms with Gasteiger partial charge in [-0.05, 0) is 35.4 Å². The lowest BCUT2D eigenvalue weighted by Crippen LogP contribution is -2.22. The number of aliphatic hydroxyl groups excluding tert-OH is 1. The van der Waals surface area contributed by atoms with Crippen LogP contribution in [0.25, 0.3) is 0 Å². The summed E-state index contributed by atoms with van der Waals surface area (Å²) in [6, 6.07) is 8.38. The van der Waals surface area contributed by atoms with Gasteiger partial charge in [0, 0.05) is 23.8 Å². The fourth-order valence-corrected chi connectivity index (χ4v) is 3.12. The van der Waals surface area contributed by atoms with E-state index in [0.717, 1.165) is 5.57 Å². The number of para-hydroxylation sites is 1. The van der Waals surface area contributed by atoms with E-state index in [0.29, 0.717) is 0 Å². The van der Waals surface area contributed by atoms with E-state index in [2.05, 4.69) is 50.1 Å². The predicted molar refractivity (Wildman–Crippen MR) is 88.9 cm³/mol. The third-order valence-electron chi connectivity index (χ3n) is 4.36. The van der Waals surface area contributed by atoms with Crippen LogP contribution in [-0.2, 0) is 10.2 Å². The molecule has 1 aliphatic heterocycles. The highest BCUT2D eigenvalue weighted by atomic mass is 16.3. The third kappa shape index (κ3) is 2.19. The molecule has 0 saturated carbocycles. The summed E-state index contributed by atoms with van der Waals surface area (Å²) in [5.41, 5.74) is 4.42. The summed E-state index contributed by atoms with van der Waals surface area (Å²) >= 11 is 0. The van der Waals surface area contributed by atoms with Crippen molar-refractivity contribution in [1.29, 1.82) is 0 Å². The lowest BCUT2D eigenvalue weighted by Gasteiger charge is -2.23. The highest BCUT2D eigenvalue weighted by Crippen LogP contribution is 2.46. The quantitative estimate of drug-likeness (QED) is 0.856. The molecule has 3 nitrogen and oxygen atoms in total. The van der Waals surface area contributed by atoms with Crippen molar-refractivity contribution < 1.29 is 9.90 Å². The van der Waals surface area contributed by atoms with Crippen LogP contribution in [0.15, 0.2) is 71.7 Å². The summed E-state index contributed by atoms with van der Waals surface area (Å²) in [4.78, 5) is 13.4. The van der Waals surface area contributed by atoms with Crippen LogP contribution in [0, 0.1) is 0 Å². The Labute approximate surface area is 130 Å². The minimum atomic E-state index is -0.351. The van der Waals surface area contributed by atoms with Gasteiger partial charge in [0.15, 0.2) is 5.76 Å². The first-order valence-corrected chi connectivity index (χ1v) is 7.30. The second kappa shape index (κ2) is 5.02. The summed E-state index contributed by atoms with van der Waals surface area (Å²) in [5.74, 6) is -0.565. The first kappa shape index (κ1) is 14.4. The molecule has 1 aromatic carbocycles. The van der Waals surface area contributed by atoms with Gasteiger partial charge < -0.3 is 10.0 Å². The molecule has 1 aromatic rings. The zero-order valence-corrected chi connectivity index (χ0v) is 13.0. The topological polar surface area (TPSA) is 40.5 Å². The molecule has 3 rings (SSSR count). The number of hydrogen-bond acceptors (Lipinski definition) is 3. The second-order valence-corrected chi connectivity index (χ2v) is 6.15. The molecule has 1 heterocycles. The van der Waals surface area contributed by atoms with Crippen LogP contribution in [0.3, 0.4) is 0 Å². The van der Waals surface area contributed by atoms with E-state index < -0.39 is 0 Å². The first-order valence-electron chi connectivity index (χ1n) is 7.30. The molecular formula is C19H19NO2. The molecule has 2 aliphatic rings. The number of likely N-dealkylation sites (N-methyl/N-ethyl adjacent to an activating group) is 1. The Hall–Kier alpha value is -2.55. The van der Waals surface area contributed by atoms with Gasteiger partial charge in [-0.1, -0.05) is 44.2 Å². The summed E-state index contributed by atoms with van der Waals surface area (Å²) < 4.78 is 0. The Kier molecular flexibility index (Phi) is 3.28. The Morgan fingerprint density at radius 2 is 1.86 bits per heavy atom. The maximum atomic E-state index is 11.2. The Morgan fingerprint density at radius 1 is 1.14 bits per heavy atom. The monoisotopic (exact) mass is 293 g/mol. The number of carbonyl (C=O) groups excluding carboxylic acids is 1. The molecule has 1 aliphatic carbocycles. The van der Waals surface area contributed by atoms with Crippen molar-refractivity contribution in [2.24, 2.45) is 0 Å². The SMILES string of the molecule is CN1/C(=C\C=C2\C=CC(=O)C(O)=C2)C(C)(C)c2ccccc21. The van der Waals surface area contributed by atoms with Crippen LogP contribution in [0.5, 0.6) is 0 Å². The van der Waals surface area contributed by atoms with Crippen molar-refractivity contribution in [2.75, 3.05) is 11.9 Å². The number of ketones is 1. The molecule has 22 heavy (non-hydrogen) atoms. The Morgan fingerprint density at radius 3 is 2.55 bits per heavy atom. The van der Waals surface area contributed by atoms with E-state index in [1.807, 2.05) is 12.1 Å². The van der Waals surface area contributed by atoms with Crippen LogP contribution in [0.2, 0.25) is 0 Å². The van der Waals surface area contributed by atoms with E-state index in [1.54, 1.807) is 6.08 Å². The number of aliphatic hydroxyl groups is 1. The van der Waals surface area contributed by atoms with Gasteiger partial charge in [-0.15, -0.1) is 0 Å². The maximum absolute atomic E-state index is 11.2. The van der Waals surface area contributed by atoms with Gasteiger partial charge in [0.05, 0.1) is 0 Å². The smallest absolute Gasteiger partial charge is 0.220 e. The molecule has 3 heteroatoms. The van der Waals surface area contributed by atoms with Crippen LogP contribution in [-0.4, -0.2) is 17.9 Å². The van der Waals surface area contributed by atoms with Gasteiger partial charge in [-0.2, -0.15) is 0 Å². The lowest BCUT2D eigenvalue weighted by molar-refractivity contribution is -0.113. The van der Waals surface area contributed by atoms with Gasteiger partial charge >= 0.3 is 0 Å². The number of anilines is 1. The van der Waals surface area contributed by atoms with Crippen molar-refractivity contribution in [1.82, 2.24) is 0 Å². The average molecular weight is 293 g/mol. The van der Waals surface area contributed by atoms with Crippen LogP contribution in [0.4, 0.5) is 5.69 Å². The number of allylic oxidation sites excluding steroid dienone is 7. The standard InChI is InChI=1S/C19H19NO2/c1-19(2)14-6-4-5-7-15(14)20(3)18(19)11-9-13-8-10-16(21)17(22)12-13/h4-12,22H,1-3H3/b13-9-,18-11-. The van der Waals surface area contributed by atoms with E-state index in [9.17, 15) is 9.90 Å². The van der Waals surface area contributed by atoms with Gasteiger partial charge in [0.1, 0.15) is 0 Å². The highest BCUT2D eigenvalue weighted by molar-refractivity contribution is 6.04. The fraction of sp³-hybridized carbons (Fsp3) is 0.211. The van der Waals surface area contributed by atoms with Gasteiger partial charge in [-0.25, -0.2) is 0 Å². The number of fused-ring (bicyclic) bond motifs is 1. The van der Waals surface area contributed by atoms with E-state index in [4.69, 9.17) is 0 Å². The van der Waals surface area contributed by atoms with Crippen molar-refractivity contribution >= 4 is 11.5 Å². The largest absolute Gasteiger partial charge is 0.504 e. The van der Waals surface area contributed by atoms with Gasteiger partial charge in [0.2, 0.25) is 5.78 Å². The molecule has 0 aromatic heterocycles. The van der Waals surface area contributed by atoms with Crippen LogP contribution >= 0.6 is 0 Å². The van der Waals surface area contributed by atoms with E-state index in [1.165, 1.54) is 29.1 Å². The number of hydrogen-bond donors (Lipinski definition) is 1. The highest BCUT2D eigenvalue weighted by Gasteiger charge is 2.37. The molecule has 0 spiro atoms. The minimum Gasteiger partial charge on any atom is -0.504 e. The summed E-state index contributed by atoms with van der Waals surface area (Å²) in [7, 11) is 2.06. The Balaban J connectivity index is 2.00. The van der Waals surface area contributed by atoms with Crippen LogP contribution in [0.1, 0.15) is 19.4 Å². The minimum absolute atomic E-state index is 0.0810. The molecule has 0 bridgehead atoms. The van der Waals surface area contributed by atoms with Crippen molar-refractivity contribution in [3.05, 3.63) is 77.2 Å². The maximum Gasteiger partial charge on any atom is 0.220 e.